The topological polar surface area (TPSA) is 54.0 Å². The molecule has 0 aliphatic rings. The van der Waals surface area contributed by atoms with Crippen molar-refractivity contribution < 1.29 is 13.6 Å². The first-order valence-electron chi connectivity index (χ1n) is 7.27. The number of benzene rings is 2. The van der Waals surface area contributed by atoms with E-state index in [9.17, 15) is 13.6 Å². The highest BCUT2D eigenvalue weighted by Gasteiger charge is 2.14. The van der Waals surface area contributed by atoms with E-state index in [4.69, 9.17) is 11.6 Å². The lowest BCUT2D eigenvalue weighted by Crippen LogP contribution is -2.14. The zero-order chi connectivity index (χ0) is 17.8. The summed E-state index contributed by atoms with van der Waals surface area (Å²) in [5, 5.41) is 5.78. The van der Waals surface area contributed by atoms with Gasteiger partial charge in [0.15, 0.2) is 0 Å². The van der Waals surface area contributed by atoms with E-state index in [-0.39, 0.29) is 5.56 Å². The van der Waals surface area contributed by atoms with Gasteiger partial charge < -0.3 is 10.6 Å². The van der Waals surface area contributed by atoms with Crippen molar-refractivity contribution >= 4 is 34.7 Å². The van der Waals surface area contributed by atoms with Crippen molar-refractivity contribution in [3.8, 4) is 0 Å². The molecule has 0 unspecified atom stereocenters. The van der Waals surface area contributed by atoms with Gasteiger partial charge in [-0.3, -0.25) is 4.79 Å². The van der Waals surface area contributed by atoms with Crippen LogP contribution in [0.3, 0.4) is 0 Å². The van der Waals surface area contributed by atoms with E-state index in [1.54, 1.807) is 24.3 Å². The van der Waals surface area contributed by atoms with Crippen LogP contribution in [0.5, 0.6) is 0 Å². The summed E-state index contributed by atoms with van der Waals surface area (Å²) in [7, 11) is 0. The Labute approximate surface area is 147 Å². The third kappa shape index (κ3) is 4.10. The molecule has 1 aromatic heterocycles. The largest absolute Gasteiger partial charge is 0.340 e. The van der Waals surface area contributed by atoms with Gasteiger partial charge in [0.05, 0.1) is 0 Å². The maximum atomic E-state index is 13.6. The van der Waals surface area contributed by atoms with Gasteiger partial charge in [-0.1, -0.05) is 23.7 Å². The summed E-state index contributed by atoms with van der Waals surface area (Å²) < 4.78 is 27.3. The number of rotatable bonds is 4. The zero-order valence-electron chi connectivity index (χ0n) is 12.8. The standard InChI is InChI=1S/C18H12ClF2N3O/c19-12-3-1-4-13(10-12)23-16-9-11(7-8-22-16)18(25)24-17-14(20)5-2-6-15(17)21/h1-10H,(H,22,23)(H,24,25). The van der Waals surface area contributed by atoms with Crippen molar-refractivity contribution in [2.45, 2.75) is 0 Å². The second-order valence-electron chi connectivity index (χ2n) is 5.12. The number of amides is 1. The average molecular weight is 360 g/mol. The third-order valence-electron chi connectivity index (χ3n) is 3.32. The number of nitrogens with zero attached hydrogens (tertiary/aromatic N) is 1. The van der Waals surface area contributed by atoms with Crippen molar-refractivity contribution in [3.63, 3.8) is 0 Å². The molecule has 0 saturated heterocycles. The Morgan fingerprint density at radius 1 is 1.00 bits per heavy atom. The molecule has 25 heavy (non-hydrogen) atoms. The van der Waals surface area contributed by atoms with E-state index in [0.717, 1.165) is 12.1 Å². The first kappa shape index (κ1) is 16.9. The maximum absolute atomic E-state index is 13.6. The Bertz CT molecular complexity index is 913. The third-order valence-corrected chi connectivity index (χ3v) is 3.56. The molecule has 0 bridgehead atoms. The molecule has 4 nitrogen and oxygen atoms in total. The second-order valence-corrected chi connectivity index (χ2v) is 5.55. The van der Waals surface area contributed by atoms with E-state index < -0.39 is 23.2 Å². The number of carbonyl (C=O) groups is 1. The Kier molecular flexibility index (Phi) is 4.90. The van der Waals surface area contributed by atoms with Crippen LogP contribution in [0.25, 0.3) is 0 Å². The molecule has 7 heteroatoms. The van der Waals surface area contributed by atoms with Gasteiger partial charge in [0.25, 0.3) is 5.91 Å². The Balaban J connectivity index is 1.80. The molecule has 0 saturated carbocycles. The lowest BCUT2D eigenvalue weighted by Gasteiger charge is -2.09. The predicted octanol–water partition coefficient (Wildman–Crippen LogP) is 5.01. The monoisotopic (exact) mass is 359 g/mol. The lowest BCUT2D eigenvalue weighted by atomic mass is 10.2. The van der Waals surface area contributed by atoms with E-state index in [1.165, 1.54) is 24.4 Å². The van der Waals surface area contributed by atoms with E-state index in [2.05, 4.69) is 15.6 Å². The Hall–Kier alpha value is -2.99. The van der Waals surface area contributed by atoms with Crippen LogP contribution < -0.4 is 10.6 Å². The van der Waals surface area contributed by atoms with Crippen LogP contribution in [0.4, 0.5) is 26.0 Å². The summed E-state index contributed by atoms with van der Waals surface area (Å²) in [5.41, 5.74) is 0.397. The molecule has 2 N–H and O–H groups in total. The summed E-state index contributed by atoms with van der Waals surface area (Å²) >= 11 is 5.92. The smallest absolute Gasteiger partial charge is 0.256 e. The van der Waals surface area contributed by atoms with Crippen molar-refractivity contribution in [2.75, 3.05) is 10.6 Å². The minimum atomic E-state index is -0.848. The molecule has 0 radical (unpaired) electrons. The average Bonchev–Trinajstić information content (AvgIpc) is 2.58. The highest BCUT2D eigenvalue weighted by atomic mass is 35.5. The summed E-state index contributed by atoms with van der Waals surface area (Å²) in [6.45, 7) is 0. The van der Waals surface area contributed by atoms with Crippen LogP contribution in [-0.2, 0) is 0 Å². The number of hydrogen-bond acceptors (Lipinski definition) is 3. The van der Waals surface area contributed by atoms with Gasteiger partial charge in [0.2, 0.25) is 0 Å². The van der Waals surface area contributed by atoms with Crippen LogP contribution in [0.2, 0.25) is 5.02 Å². The predicted molar refractivity (Wildman–Crippen MR) is 93.3 cm³/mol. The van der Waals surface area contributed by atoms with Gasteiger partial charge in [-0.15, -0.1) is 0 Å². The molecule has 3 rings (SSSR count). The van der Waals surface area contributed by atoms with Gasteiger partial charge in [0, 0.05) is 22.5 Å². The van der Waals surface area contributed by atoms with Gasteiger partial charge in [-0.05, 0) is 42.5 Å². The number of halogens is 3. The first-order chi connectivity index (χ1) is 12.0. The SMILES string of the molecule is O=C(Nc1c(F)cccc1F)c1ccnc(Nc2cccc(Cl)c2)c1. The zero-order valence-corrected chi connectivity index (χ0v) is 13.5. The minimum Gasteiger partial charge on any atom is -0.340 e. The quantitative estimate of drug-likeness (QED) is 0.688. The minimum absolute atomic E-state index is 0.196. The fourth-order valence-corrected chi connectivity index (χ4v) is 2.35. The Morgan fingerprint density at radius 3 is 2.44 bits per heavy atom. The molecule has 3 aromatic rings. The molecule has 0 aliphatic carbocycles. The fraction of sp³-hybridized carbons (Fsp3) is 0. The number of para-hydroxylation sites is 1. The van der Waals surface area contributed by atoms with Crippen LogP contribution in [-0.4, -0.2) is 10.9 Å². The molecule has 1 amide bonds. The number of anilines is 3. The molecule has 126 valence electrons. The summed E-state index contributed by atoms with van der Waals surface area (Å²) in [5.74, 6) is -1.95. The summed E-state index contributed by atoms with van der Waals surface area (Å²) in [6, 6.07) is 13.2. The molecule has 0 spiro atoms. The number of aromatic nitrogens is 1. The van der Waals surface area contributed by atoms with Crippen molar-refractivity contribution in [2.24, 2.45) is 0 Å². The van der Waals surface area contributed by atoms with Crippen LogP contribution in [0, 0.1) is 11.6 Å². The number of nitrogens with one attached hydrogen (secondary N) is 2. The van der Waals surface area contributed by atoms with Gasteiger partial charge >= 0.3 is 0 Å². The van der Waals surface area contributed by atoms with E-state index in [1.807, 2.05) is 0 Å². The molecule has 0 atom stereocenters. The summed E-state index contributed by atoms with van der Waals surface area (Å²) in [6.07, 6.45) is 1.42. The number of hydrogen-bond donors (Lipinski definition) is 2. The van der Waals surface area contributed by atoms with Crippen LogP contribution in [0.15, 0.2) is 60.8 Å². The van der Waals surface area contributed by atoms with Crippen molar-refractivity contribution in [1.29, 1.82) is 0 Å². The molecule has 1 heterocycles. The highest BCUT2D eigenvalue weighted by molar-refractivity contribution is 6.30. The number of pyridine rings is 1. The molecule has 0 aliphatic heterocycles. The Morgan fingerprint density at radius 2 is 1.72 bits per heavy atom. The van der Waals surface area contributed by atoms with Crippen molar-refractivity contribution in [3.05, 3.63) is 83.0 Å². The normalized spacial score (nSPS) is 10.4. The fourth-order valence-electron chi connectivity index (χ4n) is 2.16. The van der Waals surface area contributed by atoms with Crippen molar-refractivity contribution in [1.82, 2.24) is 4.98 Å². The lowest BCUT2D eigenvalue weighted by molar-refractivity contribution is 0.102. The van der Waals surface area contributed by atoms with Gasteiger partial charge in [-0.2, -0.15) is 0 Å². The summed E-state index contributed by atoms with van der Waals surface area (Å²) in [4.78, 5) is 16.4. The molecular formula is C18H12ClF2N3O. The van der Waals surface area contributed by atoms with Gasteiger partial charge in [-0.25, -0.2) is 13.8 Å². The van der Waals surface area contributed by atoms with Gasteiger partial charge in [0.1, 0.15) is 23.1 Å². The van der Waals surface area contributed by atoms with E-state index in [0.29, 0.717) is 16.5 Å². The second kappa shape index (κ2) is 7.27. The maximum Gasteiger partial charge on any atom is 0.256 e. The molecular weight excluding hydrogens is 348 g/mol. The highest BCUT2D eigenvalue weighted by Crippen LogP contribution is 2.21. The molecule has 2 aromatic carbocycles. The molecule has 0 fully saturated rings. The van der Waals surface area contributed by atoms with Crippen LogP contribution in [0.1, 0.15) is 10.4 Å². The van der Waals surface area contributed by atoms with Crippen LogP contribution >= 0.6 is 11.6 Å². The van der Waals surface area contributed by atoms with E-state index >= 15 is 0 Å². The number of carbonyl (C=O) groups excluding carboxylic acids is 1. The first-order valence-corrected chi connectivity index (χ1v) is 7.65.